The molecular weight excluding hydrogens is 300 g/mol. The predicted octanol–water partition coefficient (Wildman–Crippen LogP) is 2.08. The van der Waals surface area contributed by atoms with Crippen molar-refractivity contribution in [2.45, 2.75) is 25.8 Å². The molecule has 3 rings (SSSR count). The van der Waals surface area contributed by atoms with Gasteiger partial charge in [0.1, 0.15) is 0 Å². The molecule has 1 fully saturated rings. The molecule has 0 radical (unpaired) electrons. The summed E-state index contributed by atoms with van der Waals surface area (Å²) < 4.78 is 1.75. The number of benzene rings is 1. The van der Waals surface area contributed by atoms with E-state index < -0.39 is 0 Å². The van der Waals surface area contributed by atoms with E-state index in [9.17, 15) is 4.79 Å². The molecule has 118 valence electrons. The number of amides is 1. The Morgan fingerprint density at radius 1 is 1.36 bits per heavy atom. The number of piperidine rings is 1. The normalized spacial score (nSPS) is 17.6. The number of para-hydroxylation sites is 1. The van der Waals surface area contributed by atoms with Gasteiger partial charge in [-0.3, -0.25) is 4.79 Å². The Hall–Kier alpha value is -1.85. The van der Waals surface area contributed by atoms with Crippen molar-refractivity contribution >= 4 is 18.3 Å². The molecule has 1 aromatic heterocycles. The molecule has 1 atom stereocenters. The number of nitrogens with zero attached hydrogens (tertiary/aromatic N) is 2. The summed E-state index contributed by atoms with van der Waals surface area (Å²) in [6, 6.07) is 10.0. The van der Waals surface area contributed by atoms with Gasteiger partial charge in [-0.2, -0.15) is 5.10 Å². The van der Waals surface area contributed by atoms with Gasteiger partial charge in [0.15, 0.2) is 0 Å². The molecule has 2 N–H and O–H groups in total. The van der Waals surface area contributed by atoms with Gasteiger partial charge in [-0.25, -0.2) is 4.68 Å². The van der Waals surface area contributed by atoms with Gasteiger partial charge in [0.05, 0.1) is 16.9 Å². The molecule has 5 nitrogen and oxygen atoms in total. The Labute approximate surface area is 136 Å². The molecule has 1 unspecified atom stereocenters. The predicted molar refractivity (Wildman–Crippen MR) is 88.9 cm³/mol. The lowest BCUT2D eigenvalue weighted by atomic mass is 10.1. The van der Waals surface area contributed by atoms with Crippen molar-refractivity contribution in [3.8, 4) is 5.69 Å². The van der Waals surface area contributed by atoms with Crippen LogP contribution in [-0.4, -0.2) is 34.8 Å². The lowest BCUT2D eigenvalue weighted by Gasteiger charge is -2.23. The largest absolute Gasteiger partial charge is 0.348 e. The standard InChI is InChI=1S/C16H20N4O.ClH/c1-12-15(16(21)18-13-6-5-9-17-10-13)11-20(19-12)14-7-3-2-4-8-14;/h2-4,7-8,11,13,17H,5-6,9-10H2,1H3,(H,18,21);1H. The zero-order valence-corrected chi connectivity index (χ0v) is 13.4. The van der Waals surface area contributed by atoms with Crippen molar-refractivity contribution in [2.75, 3.05) is 13.1 Å². The number of aromatic nitrogens is 2. The van der Waals surface area contributed by atoms with E-state index in [1.165, 1.54) is 0 Å². The zero-order valence-electron chi connectivity index (χ0n) is 12.6. The second-order valence-corrected chi connectivity index (χ2v) is 5.43. The van der Waals surface area contributed by atoms with Crippen LogP contribution in [0.15, 0.2) is 36.5 Å². The first-order chi connectivity index (χ1) is 10.2. The van der Waals surface area contributed by atoms with Crippen LogP contribution in [0.3, 0.4) is 0 Å². The third-order valence-corrected chi connectivity index (χ3v) is 3.80. The first-order valence-corrected chi connectivity index (χ1v) is 7.37. The lowest BCUT2D eigenvalue weighted by molar-refractivity contribution is 0.0930. The maximum absolute atomic E-state index is 12.4. The van der Waals surface area contributed by atoms with Gasteiger partial charge in [-0.1, -0.05) is 18.2 Å². The van der Waals surface area contributed by atoms with Crippen LogP contribution in [-0.2, 0) is 0 Å². The molecule has 22 heavy (non-hydrogen) atoms. The first kappa shape index (κ1) is 16.5. The Bertz CT molecular complexity index is 620. The summed E-state index contributed by atoms with van der Waals surface area (Å²) in [4.78, 5) is 12.4. The molecule has 0 bridgehead atoms. The van der Waals surface area contributed by atoms with Gasteiger partial charge < -0.3 is 10.6 Å². The smallest absolute Gasteiger partial charge is 0.255 e. The second kappa shape index (κ2) is 7.42. The van der Waals surface area contributed by atoms with E-state index in [-0.39, 0.29) is 24.4 Å². The molecule has 1 aromatic carbocycles. The Kier molecular flexibility index (Phi) is 5.57. The third kappa shape index (κ3) is 3.67. The maximum atomic E-state index is 12.4. The van der Waals surface area contributed by atoms with Gasteiger partial charge in [0.25, 0.3) is 5.91 Å². The van der Waals surface area contributed by atoms with Crippen molar-refractivity contribution in [3.05, 3.63) is 47.8 Å². The minimum absolute atomic E-state index is 0. The molecule has 1 aliphatic heterocycles. The van der Waals surface area contributed by atoms with Gasteiger partial charge >= 0.3 is 0 Å². The highest BCUT2D eigenvalue weighted by atomic mass is 35.5. The van der Waals surface area contributed by atoms with Crippen LogP contribution < -0.4 is 10.6 Å². The van der Waals surface area contributed by atoms with Crippen LogP contribution in [0.1, 0.15) is 28.9 Å². The van der Waals surface area contributed by atoms with Crippen LogP contribution in [0.5, 0.6) is 0 Å². The number of aryl methyl sites for hydroxylation is 1. The van der Waals surface area contributed by atoms with Gasteiger partial charge in [0.2, 0.25) is 0 Å². The fourth-order valence-corrected chi connectivity index (χ4v) is 2.63. The maximum Gasteiger partial charge on any atom is 0.255 e. The topological polar surface area (TPSA) is 59.0 Å². The molecule has 0 spiro atoms. The average molecular weight is 321 g/mol. The van der Waals surface area contributed by atoms with E-state index >= 15 is 0 Å². The van der Waals surface area contributed by atoms with E-state index in [1.54, 1.807) is 10.9 Å². The summed E-state index contributed by atoms with van der Waals surface area (Å²) in [5.74, 6) is -0.0385. The van der Waals surface area contributed by atoms with E-state index in [0.29, 0.717) is 5.56 Å². The summed E-state index contributed by atoms with van der Waals surface area (Å²) in [5, 5.41) is 10.8. The van der Waals surface area contributed by atoms with Crippen molar-refractivity contribution in [3.63, 3.8) is 0 Å². The summed E-state index contributed by atoms with van der Waals surface area (Å²) in [7, 11) is 0. The number of nitrogens with one attached hydrogen (secondary N) is 2. The van der Waals surface area contributed by atoms with Crippen molar-refractivity contribution in [1.82, 2.24) is 20.4 Å². The SMILES string of the molecule is Cc1nn(-c2ccccc2)cc1C(=O)NC1CCCNC1.Cl. The fraction of sp³-hybridized carbons (Fsp3) is 0.375. The molecule has 6 heteroatoms. The molecule has 0 aliphatic carbocycles. The monoisotopic (exact) mass is 320 g/mol. The van der Waals surface area contributed by atoms with Crippen LogP contribution in [0.25, 0.3) is 5.69 Å². The molecule has 0 saturated carbocycles. The number of hydrogen-bond acceptors (Lipinski definition) is 3. The average Bonchev–Trinajstić information content (AvgIpc) is 2.91. The van der Waals surface area contributed by atoms with E-state index in [1.807, 2.05) is 37.3 Å². The molecule has 2 aromatic rings. The summed E-state index contributed by atoms with van der Waals surface area (Å²) in [6.45, 7) is 3.75. The Morgan fingerprint density at radius 3 is 2.82 bits per heavy atom. The van der Waals surface area contributed by atoms with E-state index in [2.05, 4.69) is 15.7 Å². The molecule has 1 saturated heterocycles. The van der Waals surface area contributed by atoms with Gasteiger partial charge in [0, 0.05) is 18.8 Å². The minimum Gasteiger partial charge on any atom is -0.348 e. The summed E-state index contributed by atoms with van der Waals surface area (Å²) in [5.41, 5.74) is 2.35. The number of carbonyl (C=O) groups is 1. The zero-order chi connectivity index (χ0) is 14.7. The number of rotatable bonds is 3. The second-order valence-electron chi connectivity index (χ2n) is 5.43. The Morgan fingerprint density at radius 2 is 2.14 bits per heavy atom. The lowest BCUT2D eigenvalue weighted by Crippen LogP contribution is -2.45. The molecule has 1 amide bonds. The number of hydrogen-bond donors (Lipinski definition) is 2. The highest BCUT2D eigenvalue weighted by molar-refractivity contribution is 5.95. The van der Waals surface area contributed by atoms with E-state index in [0.717, 1.165) is 37.3 Å². The molecule has 2 heterocycles. The molecular formula is C16H21ClN4O. The van der Waals surface area contributed by atoms with Crippen LogP contribution in [0.4, 0.5) is 0 Å². The third-order valence-electron chi connectivity index (χ3n) is 3.80. The van der Waals surface area contributed by atoms with Crippen LogP contribution >= 0.6 is 12.4 Å². The van der Waals surface area contributed by atoms with Gasteiger partial charge in [-0.05, 0) is 38.4 Å². The fourth-order valence-electron chi connectivity index (χ4n) is 2.63. The minimum atomic E-state index is -0.0385. The summed E-state index contributed by atoms with van der Waals surface area (Å²) in [6.07, 6.45) is 3.94. The van der Waals surface area contributed by atoms with Crippen LogP contribution in [0.2, 0.25) is 0 Å². The van der Waals surface area contributed by atoms with Crippen LogP contribution in [0, 0.1) is 6.92 Å². The number of carbonyl (C=O) groups excluding carboxylic acids is 1. The highest BCUT2D eigenvalue weighted by Crippen LogP contribution is 2.12. The highest BCUT2D eigenvalue weighted by Gasteiger charge is 2.19. The van der Waals surface area contributed by atoms with Crippen molar-refractivity contribution in [2.24, 2.45) is 0 Å². The molecule has 1 aliphatic rings. The first-order valence-electron chi connectivity index (χ1n) is 7.37. The van der Waals surface area contributed by atoms with E-state index in [4.69, 9.17) is 0 Å². The number of halogens is 1. The van der Waals surface area contributed by atoms with Crippen molar-refractivity contribution in [1.29, 1.82) is 0 Å². The quantitative estimate of drug-likeness (QED) is 0.910. The van der Waals surface area contributed by atoms with Crippen molar-refractivity contribution < 1.29 is 4.79 Å². The van der Waals surface area contributed by atoms with Gasteiger partial charge in [-0.15, -0.1) is 12.4 Å². The summed E-state index contributed by atoms with van der Waals surface area (Å²) >= 11 is 0. The Balaban J connectivity index is 0.00000176.